The number of likely N-dealkylation sites (tertiary alicyclic amines) is 1. The van der Waals surface area contributed by atoms with Crippen molar-refractivity contribution in [1.82, 2.24) is 4.90 Å². The molecule has 1 aliphatic heterocycles. The molecular weight excluding hydrogens is 321 g/mol. The van der Waals surface area contributed by atoms with Crippen LogP contribution in [0.5, 0.6) is 0 Å². The second-order valence-electron chi connectivity index (χ2n) is 6.40. The Hall–Kier alpha value is -1.91. The molecule has 4 nitrogen and oxygen atoms in total. The van der Waals surface area contributed by atoms with Crippen LogP contribution < -0.4 is 0 Å². The number of hydrogen-bond acceptors (Lipinski definition) is 3. The van der Waals surface area contributed by atoms with Crippen LogP contribution in [0.4, 0.5) is 4.39 Å². The number of esters is 1. The number of rotatable bonds is 6. The lowest BCUT2D eigenvalue weighted by molar-refractivity contribution is -0.158. The Morgan fingerprint density at radius 3 is 2.64 bits per heavy atom. The normalized spacial score (nSPS) is 18.7. The number of piperidine rings is 1. The van der Waals surface area contributed by atoms with Crippen LogP contribution in [0.1, 0.15) is 62.9 Å². The van der Waals surface area contributed by atoms with E-state index in [9.17, 15) is 9.59 Å². The Kier molecular flexibility index (Phi) is 6.97. The molecule has 2 unspecified atom stereocenters. The average molecular weight is 349 g/mol. The Morgan fingerprint density at radius 1 is 1.24 bits per heavy atom. The van der Waals surface area contributed by atoms with E-state index in [1.54, 1.807) is 13.0 Å². The molecule has 2 rings (SSSR count). The van der Waals surface area contributed by atoms with Crippen LogP contribution in [-0.4, -0.2) is 36.0 Å². The van der Waals surface area contributed by atoms with E-state index >= 15 is 4.39 Å². The zero-order valence-electron chi connectivity index (χ0n) is 15.4. The third-order valence-electron chi connectivity index (χ3n) is 4.83. The molecule has 0 radical (unpaired) electrons. The summed E-state index contributed by atoms with van der Waals surface area (Å²) in [5.41, 5.74) is 2.39. The molecule has 1 fully saturated rings. The summed E-state index contributed by atoms with van der Waals surface area (Å²) >= 11 is 0. The highest BCUT2D eigenvalue weighted by atomic mass is 19.1. The van der Waals surface area contributed by atoms with Crippen LogP contribution in [0.2, 0.25) is 0 Å². The van der Waals surface area contributed by atoms with E-state index in [1.807, 2.05) is 26.0 Å². The predicted octanol–water partition coefficient (Wildman–Crippen LogP) is 3.77. The summed E-state index contributed by atoms with van der Waals surface area (Å²) in [6, 6.07) is 4.88. The number of hydrogen-bond donors (Lipinski definition) is 0. The van der Waals surface area contributed by atoms with Gasteiger partial charge >= 0.3 is 5.97 Å². The van der Waals surface area contributed by atoms with Crippen molar-refractivity contribution in [3.63, 3.8) is 0 Å². The van der Waals surface area contributed by atoms with Crippen molar-refractivity contribution >= 4 is 11.9 Å². The Bertz CT molecular complexity index is 617. The van der Waals surface area contributed by atoms with Gasteiger partial charge in [0.05, 0.1) is 6.61 Å². The first kappa shape index (κ1) is 19.4. The molecule has 5 heteroatoms. The maximum Gasteiger partial charge on any atom is 0.328 e. The van der Waals surface area contributed by atoms with Gasteiger partial charge in [0.1, 0.15) is 6.04 Å². The van der Waals surface area contributed by atoms with Gasteiger partial charge in [-0.1, -0.05) is 32.0 Å². The lowest BCUT2D eigenvalue weighted by Gasteiger charge is -2.35. The summed E-state index contributed by atoms with van der Waals surface area (Å²) in [6.07, 6.45) is 1.95. The fourth-order valence-corrected chi connectivity index (χ4v) is 3.39. The van der Waals surface area contributed by atoms with E-state index in [-0.39, 0.29) is 6.61 Å². The van der Waals surface area contributed by atoms with Crippen LogP contribution in [0, 0.1) is 0 Å². The van der Waals surface area contributed by atoms with Gasteiger partial charge in [0.25, 0.3) is 5.91 Å². The number of nitrogens with zero attached hydrogens (tertiary/aromatic N) is 1. The molecule has 0 aliphatic carbocycles. The number of amides is 1. The topological polar surface area (TPSA) is 46.6 Å². The quantitative estimate of drug-likeness (QED) is 0.735. The summed E-state index contributed by atoms with van der Waals surface area (Å²) < 4.78 is 20.1. The van der Waals surface area contributed by atoms with Crippen LogP contribution >= 0.6 is 0 Å². The fourth-order valence-electron chi connectivity index (χ4n) is 3.39. The van der Waals surface area contributed by atoms with Gasteiger partial charge in [0, 0.05) is 6.54 Å². The third kappa shape index (κ3) is 4.39. The van der Waals surface area contributed by atoms with Crippen LogP contribution in [-0.2, 0) is 27.2 Å². The van der Waals surface area contributed by atoms with Gasteiger partial charge in [-0.15, -0.1) is 0 Å². The molecule has 2 atom stereocenters. The van der Waals surface area contributed by atoms with E-state index in [0.29, 0.717) is 24.9 Å². The third-order valence-corrected chi connectivity index (χ3v) is 4.83. The average Bonchev–Trinajstić information content (AvgIpc) is 2.66. The number of carbonyl (C=O) groups excluding carboxylic acids is 2. The number of aryl methyl sites for hydroxylation is 2. The Labute approximate surface area is 149 Å². The van der Waals surface area contributed by atoms with Gasteiger partial charge in [0.15, 0.2) is 0 Å². The summed E-state index contributed by atoms with van der Waals surface area (Å²) in [5.74, 6) is -1.06. The summed E-state index contributed by atoms with van der Waals surface area (Å²) in [4.78, 5) is 26.3. The first-order chi connectivity index (χ1) is 12.0. The van der Waals surface area contributed by atoms with E-state index in [2.05, 4.69) is 0 Å². The minimum absolute atomic E-state index is 0.259. The Balaban J connectivity index is 2.24. The van der Waals surface area contributed by atoms with Crippen molar-refractivity contribution in [3.05, 3.63) is 34.9 Å². The zero-order valence-corrected chi connectivity index (χ0v) is 15.4. The van der Waals surface area contributed by atoms with Crippen molar-refractivity contribution in [1.29, 1.82) is 0 Å². The molecule has 1 heterocycles. The van der Waals surface area contributed by atoms with Crippen molar-refractivity contribution < 1.29 is 18.7 Å². The molecule has 1 aromatic rings. The molecule has 0 saturated carbocycles. The minimum Gasteiger partial charge on any atom is -0.464 e. The molecule has 0 spiro atoms. The maximum atomic E-state index is 15.1. The molecule has 0 bridgehead atoms. The first-order valence-electron chi connectivity index (χ1n) is 9.26. The lowest BCUT2D eigenvalue weighted by Crippen LogP contribution is -2.49. The Morgan fingerprint density at radius 2 is 2.00 bits per heavy atom. The van der Waals surface area contributed by atoms with E-state index in [1.165, 1.54) is 4.90 Å². The highest BCUT2D eigenvalue weighted by Gasteiger charge is 2.37. The monoisotopic (exact) mass is 349 g/mol. The van der Waals surface area contributed by atoms with Gasteiger partial charge in [-0.3, -0.25) is 4.79 Å². The largest absolute Gasteiger partial charge is 0.464 e. The number of halogens is 1. The van der Waals surface area contributed by atoms with E-state index in [0.717, 1.165) is 30.4 Å². The summed E-state index contributed by atoms with van der Waals surface area (Å²) in [5, 5.41) is 0. The number of ether oxygens (including phenoxy) is 1. The van der Waals surface area contributed by atoms with Crippen LogP contribution in [0.25, 0.3) is 0 Å². The number of carbonyl (C=O) groups is 2. The van der Waals surface area contributed by atoms with E-state index < -0.39 is 24.1 Å². The highest BCUT2D eigenvalue weighted by Crippen LogP contribution is 2.29. The molecule has 0 N–H and O–H groups in total. The zero-order chi connectivity index (χ0) is 18.4. The maximum absolute atomic E-state index is 15.1. The molecule has 1 saturated heterocycles. The fraction of sp³-hybridized carbons (Fsp3) is 0.600. The second kappa shape index (κ2) is 8.97. The van der Waals surface area contributed by atoms with Gasteiger partial charge in [-0.25, -0.2) is 9.18 Å². The second-order valence-corrected chi connectivity index (χ2v) is 6.40. The van der Waals surface area contributed by atoms with Gasteiger partial charge in [-0.05, 0) is 55.7 Å². The predicted molar refractivity (Wildman–Crippen MR) is 95.0 cm³/mol. The smallest absolute Gasteiger partial charge is 0.328 e. The molecule has 1 aliphatic rings. The van der Waals surface area contributed by atoms with Crippen molar-refractivity contribution in [2.24, 2.45) is 0 Å². The molecule has 1 aromatic carbocycles. The van der Waals surface area contributed by atoms with Gasteiger partial charge in [-0.2, -0.15) is 0 Å². The minimum atomic E-state index is -1.74. The molecule has 25 heavy (non-hydrogen) atoms. The lowest BCUT2D eigenvalue weighted by atomic mass is 9.95. The van der Waals surface area contributed by atoms with Crippen molar-refractivity contribution in [2.45, 2.75) is 65.1 Å². The number of alkyl halides is 1. The molecule has 1 amide bonds. The summed E-state index contributed by atoms with van der Waals surface area (Å²) in [7, 11) is 0. The highest BCUT2D eigenvalue weighted by molar-refractivity contribution is 5.88. The van der Waals surface area contributed by atoms with Crippen LogP contribution in [0.3, 0.4) is 0 Å². The SMILES string of the molecule is CCOC(=O)C1CCCCN1C(=O)C(F)c1ccc(CC)cc1CC. The van der Waals surface area contributed by atoms with Crippen LogP contribution in [0.15, 0.2) is 18.2 Å². The molecular formula is C20H28FNO3. The molecule has 0 aromatic heterocycles. The van der Waals surface area contributed by atoms with Gasteiger partial charge < -0.3 is 9.64 Å². The standard InChI is InChI=1S/C20H28FNO3/c1-4-14-10-11-16(15(5-2)13-14)18(21)19(23)22-12-8-7-9-17(22)20(24)25-6-3/h10-11,13,17-18H,4-9,12H2,1-3H3. The number of benzene rings is 1. The summed E-state index contributed by atoms with van der Waals surface area (Å²) in [6.45, 7) is 6.39. The van der Waals surface area contributed by atoms with E-state index in [4.69, 9.17) is 4.74 Å². The van der Waals surface area contributed by atoms with Crippen molar-refractivity contribution in [2.75, 3.05) is 13.2 Å². The van der Waals surface area contributed by atoms with Crippen molar-refractivity contribution in [3.8, 4) is 0 Å². The van der Waals surface area contributed by atoms with Gasteiger partial charge in [0.2, 0.25) is 6.17 Å². The first-order valence-corrected chi connectivity index (χ1v) is 9.26. The molecule has 138 valence electrons.